The van der Waals surface area contributed by atoms with E-state index >= 15 is 0 Å². The van der Waals surface area contributed by atoms with Crippen LogP contribution in [0, 0.1) is 0 Å². The van der Waals surface area contributed by atoms with E-state index in [1.165, 1.54) is 89.9 Å². The van der Waals surface area contributed by atoms with E-state index in [0.717, 1.165) is 72.8 Å². The topological polar surface area (TPSA) is 125 Å². The molecule has 0 bridgehead atoms. The molecule has 0 N–H and O–H groups in total. The average Bonchev–Trinajstić information content (AvgIpc) is 3.84. The summed E-state index contributed by atoms with van der Waals surface area (Å²) >= 11 is 1.13. The normalized spacial score (nSPS) is 13.6. The monoisotopic (exact) mass is 891 g/mol. The number of carbonyl (C=O) groups excluding carboxylic acids is 2. The third-order valence-electron chi connectivity index (χ3n) is 12.2. The molecule has 12 nitrogen and oxygen atoms in total. The highest BCUT2D eigenvalue weighted by Gasteiger charge is 2.37. The molecule has 0 saturated carbocycles. The van der Waals surface area contributed by atoms with Crippen molar-refractivity contribution in [3.63, 3.8) is 0 Å². The van der Waals surface area contributed by atoms with E-state index < -0.39 is 11.9 Å². The Morgan fingerprint density at radius 1 is 0.508 bits per heavy atom. The molecule has 5 heterocycles. The molecule has 0 amide bonds. The maximum atomic E-state index is 13.9. The quantitative estimate of drug-likeness (QED) is 0.0402. The van der Waals surface area contributed by atoms with Crippen molar-refractivity contribution in [1.29, 1.82) is 0 Å². The fraction of sp³-hybridized carbons (Fsp3) is 0.680. The van der Waals surface area contributed by atoms with Crippen molar-refractivity contribution in [1.82, 2.24) is 17.9 Å². The van der Waals surface area contributed by atoms with Gasteiger partial charge in [0.1, 0.15) is 11.0 Å². The van der Waals surface area contributed by atoms with Gasteiger partial charge in [-0.25, -0.2) is 9.59 Å². The molecule has 348 valence electrons. The number of aromatic nitrogens is 4. The highest BCUT2D eigenvalue weighted by atomic mass is 32.1. The van der Waals surface area contributed by atoms with Crippen LogP contribution < -0.4 is 18.9 Å². The van der Waals surface area contributed by atoms with Gasteiger partial charge in [0, 0.05) is 37.1 Å². The van der Waals surface area contributed by atoms with Crippen LogP contribution in [0.5, 0.6) is 23.0 Å². The summed E-state index contributed by atoms with van der Waals surface area (Å²) < 4.78 is 51.0. The second-order valence-corrected chi connectivity index (χ2v) is 17.6. The Labute approximate surface area is 380 Å². The van der Waals surface area contributed by atoms with Crippen molar-refractivity contribution < 1.29 is 38.0 Å². The van der Waals surface area contributed by atoms with Gasteiger partial charge in [0.25, 0.3) is 0 Å². The lowest BCUT2D eigenvalue weighted by molar-refractivity contribution is 0.0499. The van der Waals surface area contributed by atoms with Crippen molar-refractivity contribution >= 4 is 34.7 Å². The Balaban J connectivity index is 1.36. The molecule has 2 aliphatic heterocycles. The molecule has 6 rings (SSSR count). The predicted molar refractivity (Wildman–Crippen MR) is 251 cm³/mol. The largest absolute Gasteiger partial charge is 0.487 e. The molecule has 1 aromatic carbocycles. The Hall–Kier alpha value is -4.26. The summed E-state index contributed by atoms with van der Waals surface area (Å²) in [5.41, 5.74) is 5.13. The third kappa shape index (κ3) is 12.3. The molecule has 0 saturated heterocycles. The summed E-state index contributed by atoms with van der Waals surface area (Å²) in [5, 5.41) is 0. The fourth-order valence-electron chi connectivity index (χ4n) is 9.05. The highest BCUT2D eigenvalue weighted by molar-refractivity contribution is 7.00. The second-order valence-electron chi connectivity index (χ2n) is 17.0. The molecule has 3 aromatic heterocycles. The maximum absolute atomic E-state index is 13.9. The summed E-state index contributed by atoms with van der Waals surface area (Å²) in [4.78, 5) is 27.7. The number of rotatable bonds is 28. The second kappa shape index (κ2) is 25.9. The molecule has 63 heavy (non-hydrogen) atoms. The summed E-state index contributed by atoms with van der Waals surface area (Å²) in [6.45, 7) is 11.6. The highest BCUT2D eigenvalue weighted by Crippen LogP contribution is 2.51. The molecule has 0 unspecified atom stereocenters. The van der Waals surface area contributed by atoms with Crippen molar-refractivity contribution in [3.05, 3.63) is 23.5 Å². The maximum Gasteiger partial charge on any atom is 0.359 e. The lowest BCUT2D eigenvalue weighted by Gasteiger charge is -2.17. The van der Waals surface area contributed by atoms with Crippen LogP contribution in [0.1, 0.15) is 190 Å². The lowest BCUT2D eigenvalue weighted by atomic mass is 10.0. The SMILES string of the molecule is CCCCCCCCCCCCn1c(C(=O)OCC)c2c(c1-c1ccc(-c3c4c(c(C(=O)OCC)n3CCCCCCCCCCCC)OCCCO4)c3nsnc13)OCCCO2. The Bertz CT molecular complexity index is 1900. The first kappa shape index (κ1) is 48.2. The number of unbranched alkanes of at least 4 members (excludes halogenated alkanes) is 18. The van der Waals surface area contributed by atoms with Crippen molar-refractivity contribution in [2.24, 2.45) is 0 Å². The summed E-state index contributed by atoms with van der Waals surface area (Å²) in [6, 6.07) is 4.08. The molecule has 13 heteroatoms. The van der Waals surface area contributed by atoms with E-state index in [1.807, 2.05) is 35.1 Å². The summed E-state index contributed by atoms with van der Waals surface area (Å²) in [7, 11) is 0. The summed E-state index contributed by atoms with van der Waals surface area (Å²) in [5.74, 6) is 1.05. The van der Waals surface area contributed by atoms with E-state index in [2.05, 4.69) is 13.8 Å². The number of nitrogens with zero attached hydrogens (tertiary/aromatic N) is 4. The Morgan fingerprint density at radius 3 is 1.19 bits per heavy atom. The number of esters is 2. The van der Waals surface area contributed by atoms with Crippen LogP contribution in [0.15, 0.2) is 12.1 Å². The van der Waals surface area contributed by atoms with Crippen molar-refractivity contribution in [2.45, 2.75) is 182 Å². The van der Waals surface area contributed by atoms with Gasteiger partial charge in [-0.05, 0) is 38.8 Å². The first-order valence-corrected chi connectivity index (χ1v) is 25.4. The standard InChI is InChI=1S/C50H74N4O8S/c1-5-9-11-13-15-17-19-21-23-25-31-53-41(45-47(61-35-27-33-59-45)43(53)49(55)57-7-3)37-29-30-38(40-39(37)51-63-52-40)42-46-48(62-36-28-34-60-46)44(50(56)58-8-4)54(42)32-26-24-22-20-18-16-14-12-10-6-2/h29-30H,5-28,31-36H2,1-4H3. The predicted octanol–water partition coefficient (Wildman–Crippen LogP) is 13.1. The number of hydrogen-bond donors (Lipinski definition) is 0. The third-order valence-corrected chi connectivity index (χ3v) is 12.8. The van der Waals surface area contributed by atoms with Gasteiger partial charge in [-0.15, -0.1) is 0 Å². The first-order valence-electron chi connectivity index (χ1n) is 24.7. The molecular formula is C50H74N4O8S. The zero-order valence-electron chi connectivity index (χ0n) is 38.8. The Morgan fingerprint density at radius 2 is 0.841 bits per heavy atom. The number of hydrogen-bond acceptors (Lipinski definition) is 11. The van der Waals surface area contributed by atoms with Gasteiger partial charge >= 0.3 is 11.9 Å². The first-order chi connectivity index (χ1) is 31.0. The molecule has 0 atom stereocenters. The van der Waals surface area contributed by atoms with Gasteiger partial charge in [-0.2, -0.15) is 8.75 Å². The molecule has 4 aromatic rings. The van der Waals surface area contributed by atoms with Crippen LogP contribution >= 0.6 is 11.7 Å². The molecular weight excluding hydrogens is 817 g/mol. The van der Waals surface area contributed by atoms with Gasteiger partial charge in [-0.1, -0.05) is 129 Å². The van der Waals surface area contributed by atoms with Gasteiger partial charge in [0.2, 0.25) is 0 Å². The molecule has 0 spiro atoms. The number of fused-ring (bicyclic) bond motifs is 3. The van der Waals surface area contributed by atoms with Crippen molar-refractivity contribution in [2.75, 3.05) is 39.6 Å². The van der Waals surface area contributed by atoms with Crippen LogP contribution in [0.4, 0.5) is 0 Å². The molecule has 2 aliphatic rings. The van der Waals surface area contributed by atoms with E-state index in [0.29, 0.717) is 97.8 Å². The van der Waals surface area contributed by atoms with Gasteiger partial charge < -0.3 is 37.6 Å². The fourth-order valence-corrected chi connectivity index (χ4v) is 9.62. The minimum Gasteiger partial charge on any atom is -0.487 e. The molecule has 0 radical (unpaired) electrons. The zero-order chi connectivity index (χ0) is 44.2. The zero-order valence-corrected chi connectivity index (χ0v) is 39.6. The van der Waals surface area contributed by atoms with Crippen LogP contribution in [-0.2, 0) is 22.6 Å². The molecule has 0 aliphatic carbocycles. The van der Waals surface area contributed by atoms with E-state index in [9.17, 15) is 9.59 Å². The Kier molecular flexibility index (Phi) is 19.8. The van der Waals surface area contributed by atoms with Crippen LogP contribution in [0.2, 0.25) is 0 Å². The summed E-state index contributed by atoms with van der Waals surface area (Å²) in [6.07, 6.45) is 25.5. The molecule has 0 fully saturated rings. The van der Waals surface area contributed by atoms with Crippen LogP contribution in [0.3, 0.4) is 0 Å². The average molecular weight is 891 g/mol. The number of ether oxygens (including phenoxy) is 6. The minimum absolute atomic E-state index is 0.241. The van der Waals surface area contributed by atoms with Crippen LogP contribution in [0.25, 0.3) is 33.5 Å². The van der Waals surface area contributed by atoms with E-state index in [1.54, 1.807) is 0 Å². The number of carbonyl (C=O) groups is 2. The number of benzene rings is 1. The van der Waals surface area contributed by atoms with Gasteiger partial charge in [0.15, 0.2) is 34.4 Å². The minimum atomic E-state index is -0.432. The van der Waals surface area contributed by atoms with E-state index in [4.69, 9.17) is 37.2 Å². The van der Waals surface area contributed by atoms with Gasteiger partial charge in [-0.3, -0.25) is 0 Å². The van der Waals surface area contributed by atoms with Crippen LogP contribution in [-0.4, -0.2) is 69.5 Å². The smallest absolute Gasteiger partial charge is 0.359 e. The van der Waals surface area contributed by atoms with E-state index in [-0.39, 0.29) is 13.2 Å². The van der Waals surface area contributed by atoms with Crippen molar-refractivity contribution in [3.8, 4) is 45.5 Å². The van der Waals surface area contributed by atoms with Gasteiger partial charge in [0.05, 0.1) is 62.8 Å². The lowest BCUT2D eigenvalue weighted by Crippen LogP contribution is -2.16.